The summed E-state index contributed by atoms with van der Waals surface area (Å²) < 4.78 is 4.45. The van der Waals surface area contributed by atoms with Crippen LogP contribution in [-0.4, -0.2) is 24.6 Å². The third-order valence-electron chi connectivity index (χ3n) is 6.44. The number of carbonyl (C=O) groups excluding carboxylic acids is 2. The third-order valence-corrected chi connectivity index (χ3v) is 8.01. The average molecular weight is 489 g/mol. The first kappa shape index (κ1) is 26.7. The third kappa shape index (κ3) is 6.85. The molecule has 3 aromatic carbocycles. The number of rotatable bonds is 14. The normalized spacial score (nSPS) is 12.2. The topological polar surface area (TPSA) is 43.4 Å². The van der Waals surface area contributed by atoms with Crippen LogP contribution in [-0.2, 0) is 19.1 Å². The number of ketones is 1. The monoisotopic (exact) mass is 488 g/mol. The van der Waals surface area contributed by atoms with Crippen LogP contribution >= 0.6 is 11.8 Å². The van der Waals surface area contributed by atoms with E-state index in [-0.39, 0.29) is 11.5 Å². The summed E-state index contributed by atoms with van der Waals surface area (Å²) in [7, 11) is 1.37. The molecule has 0 aliphatic carbocycles. The predicted octanol–water partition coefficient (Wildman–Crippen LogP) is 7.43. The molecule has 4 heteroatoms. The lowest BCUT2D eigenvalue weighted by Gasteiger charge is -2.35. The number of Topliss-reactive ketones (excluding diaryl/α,β-unsaturated/α-hetero) is 1. The summed E-state index contributed by atoms with van der Waals surface area (Å²) in [4.78, 5) is 26.0. The Kier molecular flexibility index (Phi) is 10.6. The fourth-order valence-electron chi connectivity index (χ4n) is 4.55. The molecule has 1 atom stereocenters. The largest absolute Gasteiger partial charge is 0.468 e. The van der Waals surface area contributed by atoms with E-state index in [4.69, 9.17) is 4.74 Å². The van der Waals surface area contributed by atoms with Crippen LogP contribution < -0.4 is 0 Å². The standard InChI is InChI=1S/C31H36O3S/c1-3-4-5-6-16-23-28(30(33)34-2)29(32)24-35-31(25-17-10-7-11-18-25,26-19-12-8-13-20-26)27-21-14-9-15-22-27/h7-15,17-22,28H,3-6,16,23-24H2,1-2H3. The quantitative estimate of drug-likeness (QED) is 0.102. The zero-order valence-corrected chi connectivity index (χ0v) is 21.6. The Bertz CT molecular complexity index is 938. The number of ether oxygens (including phenoxy) is 1. The minimum absolute atomic E-state index is 0.0653. The van der Waals surface area contributed by atoms with Gasteiger partial charge in [-0.1, -0.05) is 130 Å². The van der Waals surface area contributed by atoms with E-state index in [0.717, 1.165) is 42.4 Å². The van der Waals surface area contributed by atoms with Crippen LogP contribution in [0.15, 0.2) is 91.0 Å². The Morgan fingerprint density at radius 3 is 1.63 bits per heavy atom. The smallest absolute Gasteiger partial charge is 0.316 e. The van der Waals surface area contributed by atoms with Crippen LogP contribution in [0, 0.1) is 5.92 Å². The summed E-state index contributed by atoms with van der Waals surface area (Å²) in [6.45, 7) is 2.18. The zero-order valence-electron chi connectivity index (χ0n) is 20.8. The molecule has 3 aromatic rings. The Morgan fingerprint density at radius 2 is 1.20 bits per heavy atom. The Balaban J connectivity index is 1.93. The van der Waals surface area contributed by atoms with Gasteiger partial charge in [0.25, 0.3) is 0 Å². The molecule has 0 saturated heterocycles. The van der Waals surface area contributed by atoms with E-state index in [9.17, 15) is 9.59 Å². The van der Waals surface area contributed by atoms with Gasteiger partial charge in [0.05, 0.1) is 17.6 Å². The number of thioether (sulfide) groups is 1. The second kappa shape index (κ2) is 13.9. The van der Waals surface area contributed by atoms with Crippen molar-refractivity contribution in [2.24, 2.45) is 5.92 Å². The van der Waals surface area contributed by atoms with Gasteiger partial charge in [-0.25, -0.2) is 0 Å². The summed E-state index contributed by atoms with van der Waals surface area (Å²) in [5, 5.41) is 0. The molecule has 0 bridgehead atoms. The van der Waals surface area contributed by atoms with Crippen molar-refractivity contribution in [2.75, 3.05) is 12.9 Å². The highest BCUT2D eigenvalue weighted by Gasteiger charge is 2.38. The molecule has 184 valence electrons. The summed E-state index contributed by atoms with van der Waals surface area (Å²) in [5.41, 5.74) is 3.30. The molecule has 0 aliphatic rings. The van der Waals surface area contributed by atoms with Gasteiger partial charge in [-0.3, -0.25) is 9.59 Å². The van der Waals surface area contributed by atoms with Gasteiger partial charge < -0.3 is 4.74 Å². The number of unbranched alkanes of at least 4 members (excludes halogenated alkanes) is 4. The maximum absolute atomic E-state index is 13.5. The minimum atomic E-state index is -0.714. The fourth-order valence-corrected chi connectivity index (χ4v) is 6.02. The number of benzene rings is 3. The second-order valence-corrected chi connectivity index (χ2v) is 10.0. The van der Waals surface area contributed by atoms with Crippen molar-refractivity contribution in [2.45, 2.75) is 50.2 Å². The molecule has 0 N–H and O–H groups in total. The number of methoxy groups -OCH3 is 1. The van der Waals surface area contributed by atoms with Crippen LogP contribution in [0.2, 0.25) is 0 Å². The van der Waals surface area contributed by atoms with E-state index >= 15 is 0 Å². The van der Waals surface area contributed by atoms with Gasteiger partial charge in [0.1, 0.15) is 5.92 Å². The van der Waals surface area contributed by atoms with Crippen molar-refractivity contribution in [1.29, 1.82) is 0 Å². The van der Waals surface area contributed by atoms with Gasteiger partial charge in [-0.15, -0.1) is 11.8 Å². The molecule has 3 nitrogen and oxygen atoms in total. The molecular formula is C31H36O3S. The average Bonchev–Trinajstić information content (AvgIpc) is 2.92. The highest BCUT2D eigenvalue weighted by molar-refractivity contribution is 8.01. The first-order valence-corrected chi connectivity index (χ1v) is 13.5. The van der Waals surface area contributed by atoms with E-state index in [1.807, 2.05) is 54.6 Å². The SMILES string of the molecule is CCCCCCCC(C(=O)CSC(c1ccccc1)(c1ccccc1)c1ccccc1)C(=O)OC. The first-order chi connectivity index (χ1) is 17.1. The molecule has 0 radical (unpaired) electrons. The van der Waals surface area contributed by atoms with Gasteiger partial charge >= 0.3 is 5.97 Å². The van der Waals surface area contributed by atoms with Crippen molar-refractivity contribution in [3.05, 3.63) is 108 Å². The summed E-state index contributed by atoms with van der Waals surface area (Å²) >= 11 is 1.58. The van der Waals surface area contributed by atoms with Crippen molar-refractivity contribution in [1.82, 2.24) is 0 Å². The number of hydrogen-bond donors (Lipinski definition) is 0. The molecule has 0 aliphatic heterocycles. The Labute approximate surface area is 214 Å². The van der Waals surface area contributed by atoms with E-state index < -0.39 is 16.6 Å². The minimum Gasteiger partial charge on any atom is -0.468 e. The Hall–Kier alpha value is -2.85. The van der Waals surface area contributed by atoms with Gasteiger partial charge in [-0.05, 0) is 23.1 Å². The van der Waals surface area contributed by atoms with Crippen LogP contribution in [0.3, 0.4) is 0 Å². The van der Waals surface area contributed by atoms with Gasteiger partial charge in [0, 0.05) is 0 Å². The maximum Gasteiger partial charge on any atom is 0.316 e. The van der Waals surface area contributed by atoms with E-state index in [1.165, 1.54) is 13.5 Å². The predicted molar refractivity (Wildman–Crippen MR) is 146 cm³/mol. The molecule has 0 heterocycles. The van der Waals surface area contributed by atoms with E-state index in [0.29, 0.717) is 6.42 Å². The van der Waals surface area contributed by atoms with Crippen LogP contribution in [0.25, 0.3) is 0 Å². The molecule has 0 aromatic heterocycles. The van der Waals surface area contributed by atoms with Crippen LogP contribution in [0.5, 0.6) is 0 Å². The Morgan fingerprint density at radius 1 is 0.743 bits per heavy atom. The molecule has 0 fully saturated rings. The molecule has 1 unspecified atom stereocenters. The lowest BCUT2D eigenvalue weighted by Crippen LogP contribution is -2.31. The molecule has 0 amide bonds. The molecular weight excluding hydrogens is 452 g/mol. The van der Waals surface area contributed by atoms with Gasteiger partial charge in [-0.2, -0.15) is 0 Å². The van der Waals surface area contributed by atoms with Crippen molar-refractivity contribution < 1.29 is 14.3 Å². The highest BCUT2D eigenvalue weighted by Crippen LogP contribution is 2.48. The summed E-state index contributed by atoms with van der Waals surface area (Å²) in [5.74, 6) is -0.984. The van der Waals surface area contributed by atoms with E-state index in [1.54, 1.807) is 11.8 Å². The molecule has 35 heavy (non-hydrogen) atoms. The molecule has 0 saturated carbocycles. The van der Waals surface area contributed by atoms with Crippen molar-refractivity contribution in [3.63, 3.8) is 0 Å². The molecule has 3 rings (SSSR count). The van der Waals surface area contributed by atoms with Crippen molar-refractivity contribution in [3.8, 4) is 0 Å². The number of esters is 1. The zero-order chi connectivity index (χ0) is 24.9. The van der Waals surface area contributed by atoms with Crippen LogP contribution in [0.1, 0.15) is 62.1 Å². The highest BCUT2D eigenvalue weighted by atomic mass is 32.2. The molecule has 0 spiro atoms. The van der Waals surface area contributed by atoms with Gasteiger partial charge in [0.2, 0.25) is 0 Å². The number of hydrogen-bond acceptors (Lipinski definition) is 4. The fraction of sp³-hybridized carbons (Fsp3) is 0.355. The first-order valence-electron chi connectivity index (χ1n) is 12.5. The second-order valence-electron chi connectivity index (χ2n) is 8.81. The van der Waals surface area contributed by atoms with Crippen LogP contribution in [0.4, 0.5) is 0 Å². The lowest BCUT2D eigenvalue weighted by atomic mass is 9.84. The maximum atomic E-state index is 13.5. The van der Waals surface area contributed by atoms with Gasteiger partial charge in [0.15, 0.2) is 5.78 Å². The van der Waals surface area contributed by atoms with E-state index in [2.05, 4.69) is 43.3 Å². The summed E-state index contributed by atoms with van der Waals surface area (Å²) in [6.07, 6.45) is 5.91. The number of carbonyl (C=O) groups is 2. The summed E-state index contributed by atoms with van der Waals surface area (Å²) in [6, 6.07) is 30.9. The lowest BCUT2D eigenvalue weighted by molar-refractivity contribution is -0.149. The van der Waals surface area contributed by atoms with Crippen molar-refractivity contribution >= 4 is 23.5 Å².